The van der Waals surface area contributed by atoms with Crippen LogP contribution in [-0.2, 0) is 25.0 Å². The van der Waals surface area contributed by atoms with Crippen molar-refractivity contribution >= 4 is 49.3 Å². The highest BCUT2D eigenvalue weighted by atomic mass is 35.5. The number of hydrogen-bond acceptors (Lipinski definition) is 7. The van der Waals surface area contributed by atoms with Crippen molar-refractivity contribution in [2.45, 2.75) is 55.9 Å². The summed E-state index contributed by atoms with van der Waals surface area (Å²) in [5.41, 5.74) is -3.09. The molecule has 0 bridgehead atoms. The highest BCUT2D eigenvalue weighted by Gasteiger charge is 2.51. The number of nitrogens with one attached hydrogen (secondary N) is 2. The van der Waals surface area contributed by atoms with E-state index >= 15 is 0 Å². The zero-order valence-electron chi connectivity index (χ0n) is 22.9. The first-order chi connectivity index (χ1) is 19.9. The first-order valence-corrected chi connectivity index (χ1v) is 16.3. The Kier molecular flexibility index (Phi) is 9.42. The molecule has 0 radical (unpaired) electrons. The van der Waals surface area contributed by atoms with Crippen molar-refractivity contribution in [3.8, 4) is 5.75 Å². The number of hydrogen-bond donors (Lipinski definition) is 2. The number of ether oxygens (including phenoxy) is 2. The number of amides is 1. The summed E-state index contributed by atoms with van der Waals surface area (Å²) in [5.74, 6) is -0.903. The summed E-state index contributed by atoms with van der Waals surface area (Å²) >= 11 is 5.82. The van der Waals surface area contributed by atoms with Crippen molar-refractivity contribution in [1.29, 1.82) is 0 Å². The number of sulfonamides is 1. The number of carbonyl (C=O) groups excluding carboxylic acids is 1. The van der Waals surface area contributed by atoms with Gasteiger partial charge in [0.05, 0.1) is 28.7 Å². The highest BCUT2D eigenvalue weighted by molar-refractivity contribution is 7.92. The molecule has 2 N–H and O–H groups in total. The van der Waals surface area contributed by atoms with Crippen LogP contribution in [0.1, 0.15) is 33.1 Å². The molecule has 0 aromatic heterocycles. The molecule has 2 aromatic carbocycles. The normalized spacial score (nSPS) is 18.5. The Labute approximate surface area is 251 Å². The number of rotatable bonds is 8. The molecule has 2 aliphatic heterocycles. The average Bonchev–Trinajstić information content (AvgIpc) is 2.92. The maximum Gasteiger partial charge on any atom is 0.427 e. The summed E-state index contributed by atoms with van der Waals surface area (Å²) in [4.78, 5) is 11.9. The third kappa shape index (κ3) is 7.45. The van der Waals surface area contributed by atoms with E-state index < -0.39 is 66.5 Å². The molecule has 0 aliphatic carbocycles. The number of anilines is 2. The summed E-state index contributed by atoms with van der Waals surface area (Å²) in [7, 11) is -8.38. The molecule has 1 saturated heterocycles. The molecular formula is C25H29ClF4N4O7S2. The molecule has 1 amide bonds. The lowest BCUT2D eigenvalue weighted by atomic mass is 10.1. The molecular weight excluding hydrogens is 644 g/mol. The van der Waals surface area contributed by atoms with E-state index in [9.17, 15) is 39.2 Å². The van der Waals surface area contributed by atoms with Gasteiger partial charge in [-0.25, -0.2) is 17.6 Å². The van der Waals surface area contributed by atoms with Gasteiger partial charge in [0.1, 0.15) is 17.7 Å². The summed E-state index contributed by atoms with van der Waals surface area (Å²) < 4.78 is 121. The van der Waals surface area contributed by atoms with Crippen molar-refractivity contribution in [3.63, 3.8) is 0 Å². The van der Waals surface area contributed by atoms with Crippen molar-refractivity contribution in [2.75, 3.05) is 35.8 Å². The molecule has 18 heteroatoms. The fourth-order valence-corrected chi connectivity index (χ4v) is 7.40. The van der Waals surface area contributed by atoms with Gasteiger partial charge in [0.2, 0.25) is 5.60 Å². The summed E-state index contributed by atoms with van der Waals surface area (Å²) in [6, 6.07) is 6.36. The number of fused-ring (bicyclic) bond motifs is 1. The molecule has 43 heavy (non-hydrogen) atoms. The zero-order chi connectivity index (χ0) is 31.8. The van der Waals surface area contributed by atoms with Gasteiger partial charge < -0.3 is 9.47 Å². The van der Waals surface area contributed by atoms with Gasteiger partial charge in [0.15, 0.2) is 0 Å². The van der Waals surface area contributed by atoms with Crippen LogP contribution >= 0.6 is 11.6 Å². The van der Waals surface area contributed by atoms with Gasteiger partial charge in [-0.15, -0.1) is 0 Å². The number of halogens is 5. The Morgan fingerprint density at radius 2 is 1.74 bits per heavy atom. The standard InChI is InChI=1S/C25H29ClF4N4O7S2/c1-24(2,25(28,29)30)41-23(35)32-16-6-9-22-21(12-16)34(42(36,37)18-7-8-20(27)19(26)13-18)15-17(40-22)14-31-43(38,39)33-10-4-3-5-11-33/h6-9,12-13,17,31H,3-5,10-11,14-15H2,1-2H3,(H,32,35). The van der Waals surface area contributed by atoms with Crippen LogP contribution in [-0.4, -0.2) is 71.3 Å². The van der Waals surface area contributed by atoms with Crippen LogP contribution < -0.4 is 19.1 Å². The van der Waals surface area contributed by atoms with Crippen LogP contribution in [0.2, 0.25) is 5.02 Å². The summed E-state index contributed by atoms with van der Waals surface area (Å²) in [6.07, 6.45) is -5.03. The van der Waals surface area contributed by atoms with E-state index in [0.717, 1.165) is 35.0 Å². The largest absolute Gasteiger partial charge is 0.485 e. The molecule has 2 aliphatic rings. The monoisotopic (exact) mass is 672 g/mol. The lowest BCUT2D eigenvalue weighted by Crippen LogP contribution is -2.51. The van der Waals surface area contributed by atoms with Gasteiger partial charge in [0, 0.05) is 18.8 Å². The molecule has 0 spiro atoms. The minimum absolute atomic E-state index is 0.0419. The van der Waals surface area contributed by atoms with E-state index in [0.29, 0.717) is 39.8 Å². The van der Waals surface area contributed by atoms with E-state index in [4.69, 9.17) is 16.3 Å². The van der Waals surface area contributed by atoms with Gasteiger partial charge in [-0.1, -0.05) is 18.0 Å². The predicted molar refractivity (Wildman–Crippen MR) is 149 cm³/mol. The first kappa shape index (κ1) is 33.0. The molecule has 0 saturated carbocycles. The second kappa shape index (κ2) is 12.3. The number of benzene rings is 2. The molecule has 4 rings (SSSR count). The van der Waals surface area contributed by atoms with E-state index in [-0.39, 0.29) is 23.7 Å². The Bertz CT molecular complexity index is 1580. The molecule has 1 unspecified atom stereocenters. The maximum atomic E-state index is 13.8. The number of carbonyl (C=O) groups is 1. The van der Waals surface area contributed by atoms with Gasteiger partial charge >= 0.3 is 12.3 Å². The predicted octanol–water partition coefficient (Wildman–Crippen LogP) is 4.65. The van der Waals surface area contributed by atoms with Crippen molar-refractivity contribution in [1.82, 2.24) is 9.03 Å². The molecule has 238 valence electrons. The summed E-state index contributed by atoms with van der Waals surface area (Å²) in [5, 5.41) is 1.67. The third-order valence-electron chi connectivity index (χ3n) is 6.80. The highest BCUT2D eigenvalue weighted by Crippen LogP contribution is 2.40. The number of alkyl halides is 3. The third-order valence-corrected chi connectivity index (χ3v) is 10.4. The molecule has 1 fully saturated rings. The second-order valence-corrected chi connectivity index (χ2v) is 14.4. The Hall–Kier alpha value is -2.86. The van der Waals surface area contributed by atoms with E-state index in [1.165, 1.54) is 16.4 Å². The lowest BCUT2D eigenvalue weighted by Gasteiger charge is -2.36. The maximum absolute atomic E-state index is 13.8. The lowest BCUT2D eigenvalue weighted by molar-refractivity contribution is -0.242. The Morgan fingerprint density at radius 1 is 1.07 bits per heavy atom. The average molecular weight is 673 g/mol. The molecule has 1 atom stereocenters. The van der Waals surface area contributed by atoms with Crippen LogP contribution in [0.15, 0.2) is 41.3 Å². The minimum atomic E-state index is -4.86. The fraction of sp³-hybridized carbons (Fsp3) is 0.480. The van der Waals surface area contributed by atoms with Crippen molar-refractivity contribution in [2.24, 2.45) is 0 Å². The number of piperidine rings is 1. The van der Waals surface area contributed by atoms with Crippen molar-refractivity contribution < 1.29 is 48.7 Å². The van der Waals surface area contributed by atoms with Crippen LogP contribution in [0.5, 0.6) is 5.75 Å². The van der Waals surface area contributed by atoms with E-state index in [1.54, 1.807) is 0 Å². The van der Waals surface area contributed by atoms with Gasteiger partial charge in [0.25, 0.3) is 20.2 Å². The van der Waals surface area contributed by atoms with Crippen molar-refractivity contribution in [3.05, 3.63) is 47.2 Å². The Morgan fingerprint density at radius 3 is 2.37 bits per heavy atom. The van der Waals surface area contributed by atoms with Crippen LogP contribution in [0.3, 0.4) is 0 Å². The fourth-order valence-electron chi connectivity index (χ4n) is 4.32. The van der Waals surface area contributed by atoms with Crippen LogP contribution in [0, 0.1) is 5.82 Å². The molecule has 2 aromatic rings. The molecule has 11 nitrogen and oxygen atoms in total. The van der Waals surface area contributed by atoms with E-state index in [1.807, 2.05) is 0 Å². The minimum Gasteiger partial charge on any atom is -0.485 e. The second-order valence-electron chi connectivity index (χ2n) is 10.4. The van der Waals surface area contributed by atoms with Gasteiger partial charge in [-0.05, 0) is 63.1 Å². The first-order valence-electron chi connectivity index (χ1n) is 13.0. The quantitative estimate of drug-likeness (QED) is 0.390. The summed E-state index contributed by atoms with van der Waals surface area (Å²) in [6.45, 7) is 1.26. The Balaban J connectivity index is 1.63. The van der Waals surface area contributed by atoms with Gasteiger partial charge in [-0.2, -0.15) is 30.6 Å². The smallest absolute Gasteiger partial charge is 0.427 e. The topological polar surface area (TPSA) is 134 Å². The zero-order valence-corrected chi connectivity index (χ0v) is 25.3. The van der Waals surface area contributed by atoms with Crippen LogP contribution in [0.4, 0.5) is 33.7 Å². The number of nitrogens with zero attached hydrogens (tertiary/aromatic N) is 2. The van der Waals surface area contributed by atoms with E-state index in [2.05, 4.69) is 14.8 Å². The molecule has 2 heterocycles. The van der Waals surface area contributed by atoms with Crippen LogP contribution in [0.25, 0.3) is 0 Å². The van der Waals surface area contributed by atoms with Gasteiger partial charge in [-0.3, -0.25) is 9.62 Å². The SMILES string of the molecule is CC(C)(OC(=O)Nc1ccc2c(c1)N(S(=O)(=O)c1ccc(F)c(Cl)c1)CC(CNS(=O)(=O)N1CCCCC1)O2)C(F)(F)F.